The Morgan fingerprint density at radius 1 is 0.879 bits per heavy atom. The minimum atomic E-state index is -1.67. The predicted molar refractivity (Wildman–Crippen MR) is 244 cm³/mol. The molecule has 0 aromatic rings. The SMILES string of the molecule is CC(=O)N[C@H]1C(O)O[C@H](CO)[C@@H](O)[C@@H]1O[C@H](C)C(=O)N[C@@H](C)C(=O)N[C@H](CCC(=O)N[C@@H](C)C(=O)O[C@H]1CC[C@@]2(C)C(=CC[C@H]3[C@@H]4CC[C@H]([C@H](C)CCCC(C)C)[C@@]4(C)CC[C@@H]32)C1)C(N)=O. The highest BCUT2D eigenvalue weighted by Crippen LogP contribution is 2.67. The number of rotatable bonds is 20. The highest BCUT2D eigenvalue weighted by Gasteiger charge is 2.59. The molecule has 5 amide bonds. The number of amides is 5. The zero-order valence-electron chi connectivity index (χ0n) is 40.8. The van der Waals surface area contributed by atoms with Crippen molar-refractivity contribution < 1.29 is 58.3 Å². The van der Waals surface area contributed by atoms with Crippen LogP contribution in [-0.4, -0.2) is 118 Å². The van der Waals surface area contributed by atoms with E-state index in [1.54, 1.807) is 6.92 Å². The Bertz CT molecular complexity index is 1780. The van der Waals surface area contributed by atoms with Crippen molar-refractivity contribution in [2.75, 3.05) is 6.61 Å². The molecular formula is C49H81N5O12. The van der Waals surface area contributed by atoms with Crippen LogP contribution < -0.4 is 27.0 Å². The third-order valence-electron chi connectivity index (χ3n) is 16.3. The molecule has 1 unspecified atom stereocenters. The lowest BCUT2D eigenvalue weighted by atomic mass is 9.47. The van der Waals surface area contributed by atoms with Crippen LogP contribution in [-0.2, 0) is 43.0 Å². The van der Waals surface area contributed by atoms with E-state index < -0.39 is 97.0 Å². The Morgan fingerprint density at radius 3 is 2.24 bits per heavy atom. The van der Waals surface area contributed by atoms with Gasteiger partial charge < -0.3 is 56.5 Å². The van der Waals surface area contributed by atoms with E-state index in [9.17, 15) is 44.1 Å². The van der Waals surface area contributed by atoms with Crippen molar-refractivity contribution in [3.63, 3.8) is 0 Å². The number of nitrogens with one attached hydrogen (secondary N) is 4. The van der Waals surface area contributed by atoms with Gasteiger partial charge in [0.05, 0.1) is 6.61 Å². The quantitative estimate of drug-likeness (QED) is 0.0647. The highest BCUT2D eigenvalue weighted by atomic mass is 16.6. The van der Waals surface area contributed by atoms with Crippen LogP contribution in [0.4, 0.5) is 0 Å². The summed E-state index contributed by atoms with van der Waals surface area (Å²) in [5.41, 5.74) is 7.48. The van der Waals surface area contributed by atoms with E-state index in [4.69, 9.17) is 19.9 Å². The Balaban J connectivity index is 1.06. The number of primary amides is 1. The van der Waals surface area contributed by atoms with Gasteiger partial charge in [0, 0.05) is 19.8 Å². The van der Waals surface area contributed by atoms with Crippen molar-refractivity contribution in [1.29, 1.82) is 0 Å². The summed E-state index contributed by atoms with van der Waals surface area (Å²) in [5.74, 6) is 0.238. The maximum absolute atomic E-state index is 13.3. The van der Waals surface area contributed by atoms with Gasteiger partial charge in [-0.05, 0) is 118 Å². The normalized spacial score (nSPS) is 35.0. The second-order valence-corrected chi connectivity index (χ2v) is 21.3. The minimum absolute atomic E-state index is 0.0994. The molecule has 17 heteroatoms. The molecule has 0 aromatic heterocycles. The Morgan fingerprint density at radius 2 is 1.59 bits per heavy atom. The molecule has 4 fully saturated rings. The number of fused-ring (bicyclic) bond motifs is 5. The first-order valence-corrected chi connectivity index (χ1v) is 24.6. The van der Waals surface area contributed by atoms with Crippen LogP contribution in [0.2, 0.25) is 0 Å². The summed E-state index contributed by atoms with van der Waals surface area (Å²) in [6, 6.07) is -4.76. The maximum Gasteiger partial charge on any atom is 0.328 e. The molecule has 66 heavy (non-hydrogen) atoms. The predicted octanol–water partition coefficient (Wildman–Crippen LogP) is 3.05. The summed E-state index contributed by atoms with van der Waals surface area (Å²) in [5, 5.41) is 40.5. The molecule has 374 valence electrons. The second kappa shape index (κ2) is 22.6. The number of esters is 1. The lowest BCUT2D eigenvalue weighted by Crippen LogP contribution is -2.65. The van der Waals surface area contributed by atoms with Crippen LogP contribution in [0.1, 0.15) is 146 Å². The van der Waals surface area contributed by atoms with E-state index in [-0.39, 0.29) is 24.4 Å². The van der Waals surface area contributed by atoms with Gasteiger partial charge in [0.2, 0.25) is 29.5 Å². The number of ether oxygens (including phenoxy) is 3. The number of hydrogen-bond donors (Lipinski definition) is 8. The van der Waals surface area contributed by atoms with E-state index in [2.05, 4.69) is 62.0 Å². The number of aliphatic hydroxyl groups is 3. The monoisotopic (exact) mass is 932 g/mol. The molecule has 0 radical (unpaired) electrons. The van der Waals surface area contributed by atoms with Gasteiger partial charge in [-0.3, -0.25) is 24.0 Å². The first kappa shape index (κ1) is 53.3. The van der Waals surface area contributed by atoms with Gasteiger partial charge >= 0.3 is 5.97 Å². The average Bonchev–Trinajstić information content (AvgIpc) is 3.61. The zero-order valence-corrected chi connectivity index (χ0v) is 40.8. The third-order valence-corrected chi connectivity index (χ3v) is 16.3. The molecule has 4 aliphatic carbocycles. The summed E-state index contributed by atoms with van der Waals surface area (Å²) in [6.07, 6.45) is 7.28. The van der Waals surface area contributed by atoms with Gasteiger partial charge in [-0.25, -0.2) is 4.79 Å². The first-order valence-electron chi connectivity index (χ1n) is 24.6. The van der Waals surface area contributed by atoms with Crippen molar-refractivity contribution >= 4 is 35.5 Å². The number of aliphatic hydroxyl groups excluding tert-OH is 3. The van der Waals surface area contributed by atoms with Gasteiger partial charge in [0.25, 0.3) is 0 Å². The zero-order chi connectivity index (χ0) is 48.8. The molecule has 17 nitrogen and oxygen atoms in total. The van der Waals surface area contributed by atoms with Crippen molar-refractivity contribution in [3.05, 3.63) is 11.6 Å². The van der Waals surface area contributed by atoms with Crippen molar-refractivity contribution in [2.24, 2.45) is 52.1 Å². The molecule has 1 aliphatic heterocycles. The molecule has 1 heterocycles. The molecular weight excluding hydrogens is 851 g/mol. The van der Waals surface area contributed by atoms with E-state index in [0.717, 1.165) is 42.9 Å². The fourth-order valence-corrected chi connectivity index (χ4v) is 12.6. The molecule has 9 N–H and O–H groups in total. The fourth-order valence-electron chi connectivity index (χ4n) is 12.6. The van der Waals surface area contributed by atoms with Crippen molar-refractivity contribution in [3.8, 4) is 0 Å². The number of hydrogen-bond acceptors (Lipinski definition) is 12. The van der Waals surface area contributed by atoms with Gasteiger partial charge in [-0.1, -0.05) is 65.5 Å². The van der Waals surface area contributed by atoms with Crippen LogP contribution in [0.5, 0.6) is 0 Å². The number of nitrogens with two attached hydrogens (primary N) is 1. The average molecular weight is 932 g/mol. The van der Waals surface area contributed by atoms with E-state index in [1.165, 1.54) is 71.3 Å². The van der Waals surface area contributed by atoms with E-state index >= 15 is 0 Å². The van der Waals surface area contributed by atoms with Gasteiger partial charge in [0.15, 0.2) is 6.29 Å². The Kier molecular flexibility index (Phi) is 18.3. The third kappa shape index (κ3) is 12.3. The lowest BCUT2D eigenvalue weighted by Gasteiger charge is -2.58. The molecule has 0 aromatic carbocycles. The fraction of sp³-hybridized carbons (Fsp3) is 0.837. The number of carbonyl (C=O) groups is 6. The van der Waals surface area contributed by atoms with E-state index in [1.807, 2.05) is 0 Å². The largest absolute Gasteiger partial charge is 0.461 e. The summed E-state index contributed by atoms with van der Waals surface area (Å²) >= 11 is 0. The molecule has 0 spiro atoms. The van der Waals surface area contributed by atoms with Gasteiger partial charge in [-0.15, -0.1) is 0 Å². The minimum Gasteiger partial charge on any atom is -0.461 e. The van der Waals surface area contributed by atoms with Gasteiger partial charge in [0.1, 0.15) is 54.7 Å². The first-order chi connectivity index (χ1) is 31.0. The molecule has 5 aliphatic rings. The van der Waals surface area contributed by atoms with Crippen molar-refractivity contribution in [2.45, 2.75) is 207 Å². The van der Waals surface area contributed by atoms with Crippen LogP contribution in [0.25, 0.3) is 0 Å². The summed E-state index contributed by atoms with van der Waals surface area (Å²) in [6.45, 7) is 16.9. The lowest BCUT2D eigenvalue weighted by molar-refractivity contribution is -0.266. The summed E-state index contributed by atoms with van der Waals surface area (Å²) in [7, 11) is 0. The highest BCUT2D eigenvalue weighted by molar-refractivity contribution is 5.92. The van der Waals surface area contributed by atoms with Crippen LogP contribution >= 0.6 is 0 Å². The van der Waals surface area contributed by atoms with Crippen molar-refractivity contribution in [1.82, 2.24) is 21.3 Å². The number of allylic oxidation sites excluding steroid dienone is 1. The molecule has 17 atom stereocenters. The van der Waals surface area contributed by atoms with Crippen LogP contribution in [0, 0.1) is 46.3 Å². The molecule has 3 saturated carbocycles. The topological polar surface area (TPSA) is 265 Å². The van der Waals surface area contributed by atoms with Crippen LogP contribution in [0.15, 0.2) is 11.6 Å². The molecule has 5 rings (SSSR count). The maximum atomic E-state index is 13.3. The smallest absolute Gasteiger partial charge is 0.328 e. The number of carbonyl (C=O) groups excluding carboxylic acids is 6. The van der Waals surface area contributed by atoms with Gasteiger partial charge in [-0.2, -0.15) is 0 Å². The Hall–Kier alpha value is -3.64. The Labute approximate surface area is 391 Å². The molecule has 1 saturated heterocycles. The second-order valence-electron chi connectivity index (χ2n) is 21.3. The summed E-state index contributed by atoms with van der Waals surface area (Å²) in [4.78, 5) is 76.5. The van der Waals surface area contributed by atoms with E-state index in [0.29, 0.717) is 23.7 Å². The summed E-state index contributed by atoms with van der Waals surface area (Å²) < 4.78 is 16.9. The standard InChI is InChI=1S/C49H81N5O12/c1-25(2)11-10-12-26(3)34-15-16-35-33-14-13-31-23-32(19-21-48(31,8)36(33)20-22-49(34,35)9)65-46(62)28(5)51-39(57)18-17-37(43(50)59)54-44(60)27(4)52-45(61)29(6)64-42-40(53-30(7)56)47(63)66-38(24-55)41(42)58/h13,25-29,32-38,40-42,47,55,58,63H,10-12,14-24H2,1-9H3,(H2,50,59)(H,51,57)(H,52,61)(H,53,56)(H,54,60)/t26-,27+,28+,29-,32+,33+,34-,35+,36+,37-,38-,40-,41-,42-,47?,48+,49-/m1/s1. The molecule has 0 bridgehead atoms. The van der Waals surface area contributed by atoms with Crippen LogP contribution in [0.3, 0.4) is 0 Å².